The Labute approximate surface area is 106 Å². The van der Waals surface area contributed by atoms with E-state index in [-0.39, 0.29) is 6.01 Å². The first-order valence-electron chi connectivity index (χ1n) is 4.37. The molecule has 4 nitrogen and oxygen atoms in total. The zero-order valence-electron chi connectivity index (χ0n) is 8.02. The molecule has 82 valence electrons. The van der Waals surface area contributed by atoms with Crippen molar-refractivity contribution in [1.29, 1.82) is 0 Å². The van der Waals surface area contributed by atoms with Crippen molar-refractivity contribution in [1.82, 2.24) is 9.97 Å². The third-order valence-corrected chi connectivity index (χ3v) is 2.45. The van der Waals surface area contributed by atoms with Crippen LogP contribution in [0.25, 0.3) is 0 Å². The minimum absolute atomic E-state index is 0.153. The van der Waals surface area contributed by atoms with Crippen molar-refractivity contribution >= 4 is 33.3 Å². The van der Waals surface area contributed by atoms with Crippen molar-refractivity contribution in [3.8, 4) is 11.8 Å². The first-order valence-corrected chi connectivity index (χ1v) is 5.54. The fraction of sp³-hybridized carbons (Fsp3) is 0. The van der Waals surface area contributed by atoms with Crippen molar-refractivity contribution in [2.75, 3.05) is 5.73 Å². The number of benzene rings is 1. The molecular formula is C10H7BrClN3O. The number of aromatic nitrogens is 2. The zero-order chi connectivity index (χ0) is 11.5. The van der Waals surface area contributed by atoms with Gasteiger partial charge in [-0.15, -0.1) is 0 Å². The van der Waals surface area contributed by atoms with E-state index in [4.69, 9.17) is 22.1 Å². The van der Waals surface area contributed by atoms with Crippen LogP contribution in [-0.4, -0.2) is 9.97 Å². The fourth-order valence-corrected chi connectivity index (χ4v) is 1.65. The molecule has 0 saturated heterocycles. The molecule has 1 aromatic heterocycles. The molecule has 2 N–H and O–H groups in total. The highest BCUT2D eigenvalue weighted by atomic mass is 79.9. The third-order valence-electron chi connectivity index (χ3n) is 1.73. The summed E-state index contributed by atoms with van der Waals surface area (Å²) in [4.78, 5) is 7.94. The van der Waals surface area contributed by atoms with E-state index in [9.17, 15) is 0 Å². The van der Waals surface area contributed by atoms with Crippen LogP contribution < -0.4 is 10.5 Å². The van der Waals surface area contributed by atoms with Crippen molar-refractivity contribution in [3.63, 3.8) is 0 Å². The maximum Gasteiger partial charge on any atom is 0.325 e. The molecule has 1 heterocycles. The number of nitrogens with zero attached hydrogens (tertiary/aromatic N) is 2. The van der Waals surface area contributed by atoms with E-state index < -0.39 is 0 Å². The minimum atomic E-state index is 0.153. The fourth-order valence-electron chi connectivity index (χ4n) is 1.08. The maximum absolute atomic E-state index is 5.93. The van der Waals surface area contributed by atoms with E-state index in [1.165, 1.54) is 0 Å². The van der Waals surface area contributed by atoms with Crippen LogP contribution in [0.5, 0.6) is 11.8 Å². The van der Waals surface area contributed by atoms with Crippen LogP contribution in [0, 0.1) is 0 Å². The lowest BCUT2D eigenvalue weighted by molar-refractivity contribution is 0.442. The Hall–Kier alpha value is -1.33. The van der Waals surface area contributed by atoms with E-state index in [2.05, 4.69) is 25.9 Å². The van der Waals surface area contributed by atoms with Gasteiger partial charge in [-0.3, -0.25) is 0 Å². The predicted octanol–water partition coefficient (Wildman–Crippen LogP) is 3.27. The molecule has 2 rings (SSSR count). The largest absolute Gasteiger partial charge is 0.423 e. The lowest BCUT2D eigenvalue weighted by atomic mass is 10.3. The number of hydrogen-bond acceptors (Lipinski definition) is 4. The first-order chi connectivity index (χ1) is 7.65. The molecule has 0 radical (unpaired) electrons. The lowest BCUT2D eigenvalue weighted by Gasteiger charge is -2.05. The van der Waals surface area contributed by atoms with Crippen molar-refractivity contribution < 1.29 is 4.74 Å². The van der Waals surface area contributed by atoms with E-state index in [1.54, 1.807) is 18.2 Å². The van der Waals surface area contributed by atoms with Crippen molar-refractivity contribution in [2.45, 2.75) is 0 Å². The SMILES string of the molecule is Nc1cc(Br)nc(Oc2ccccc2Cl)n1. The summed E-state index contributed by atoms with van der Waals surface area (Å²) in [6.07, 6.45) is 0. The Kier molecular flexibility index (Phi) is 3.26. The summed E-state index contributed by atoms with van der Waals surface area (Å²) < 4.78 is 5.96. The average Bonchev–Trinajstić information content (AvgIpc) is 2.20. The van der Waals surface area contributed by atoms with Gasteiger partial charge in [0.25, 0.3) is 0 Å². The highest BCUT2D eigenvalue weighted by Gasteiger charge is 2.06. The van der Waals surface area contributed by atoms with E-state index >= 15 is 0 Å². The molecule has 0 saturated carbocycles. The summed E-state index contributed by atoms with van der Waals surface area (Å²) in [5.74, 6) is 0.811. The molecule has 0 aliphatic heterocycles. The number of ether oxygens (including phenoxy) is 1. The van der Waals surface area contributed by atoms with Gasteiger partial charge in [-0.2, -0.15) is 9.97 Å². The topological polar surface area (TPSA) is 61.0 Å². The molecule has 0 atom stereocenters. The number of para-hydroxylation sites is 1. The van der Waals surface area contributed by atoms with Gasteiger partial charge in [-0.25, -0.2) is 0 Å². The van der Waals surface area contributed by atoms with Crippen LogP contribution in [0.4, 0.5) is 5.82 Å². The predicted molar refractivity (Wildman–Crippen MR) is 65.7 cm³/mol. The summed E-state index contributed by atoms with van der Waals surface area (Å²) in [5.41, 5.74) is 5.56. The molecule has 0 spiro atoms. The molecule has 0 unspecified atom stereocenters. The van der Waals surface area contributed by atoms with Crippen LogP contribution in [-0.2, 0) is 0 Å². The van der Waals surface area contributed by atoms with Gasteiger partial charge < -0.3 is 10.5 Å². The molecule has 0 amide bonds. The number of hydrogen-bond donors (Lipinski definition) is 1. The smallest absolute Gasteiger partial charge is 0.325 e. The van der Waals surface area contributed by atoms with E-state index in [0.29, 0.717) is 21.2 Å². The molecule has 16 heavy (non-hydrogen) atoms. The molecule has 2 aromatic rings. The van der Waals surface area contributed by atoms with E-state index in [1.807, 2.05) is 12.1 Å². The van der Waals surface area contributed by atoms with Gasteiger partial charge in [-0.1, -0.05) is 23.7 Å². The van der Waals surface area contributed by atoms with Crippen LogP contribution in [0.15, 0.2) is 34.9 Å². The molecule has 0 aliphatic rings. The quantitative estimate of drug-likeness (QED) is 0.865. The van der Waals surface area contributed by atoms with Gasteiger partial charge in [0.2, 0.25) is 0 Å². The van der Waals surface area contributed by atoms with Gasteiger partial charge in [0.1, 0.15) is 16.2 Å². The standard InChI is InChI=1S/C10H7BrClN3O/c11-8-5-9(13)15-10(14-8)16-7-4-2-1-3-6(7)12/h1-5H,(H2,13,14,15). The number of nitrogen functional groups attached to an aromatic ring is 1. The number of halogens is 2. The van der Waals surface area contributed by atoms with Crippen LogP contribution in [0.2, 0.25) is 5.02 Å². The minimum Gasteiger partial charge on any atom is -0.423 e. The average molecular weight is 301 g/mol. The van der Waals surface area contributed by atoms with Gasteiger partial charge in [0.15, 0.2) is 0 Å². The van der Waals surface area contributed by atoms with Crippen molar-refractivity contribution in [3.05, 3.63) is 40.0 Å². The number of rotatable bonds is 2. The molecular weight excluding hydrogens is 293 g/mol. The summed E-state index contributed by atoms with van der Waals surface area (Å²) in [5, 5.41) is 0.490. The molecule has 0 bridgehead atoms. The Bertz CT molecular complexity index is 501. The maximum atomic E-state index is 5.93. The van der Waals surface area contributed by atoms with Crippen molar-refractivity contribution in [2.24, 2.45) is 0 Å². The second kappa shape index (κ2) is 4.67. The monoisotopic (exact) mass is 299 g/mol. The van der Waals surface area contributed by atoms with E-state index in [0.717, 1.165) is 0 Å². The van der Waals surface area contributed by atoms with Gasteiger partial charge in [-0.05, 0) is 28.1 Å². The summed E-state index contributed by atoms with van der Waals surface area (Å²) >= 11 is 9.13. The Balaban J connectivity index is 2.30. The summed E-state index contributed by atoms with van der Waals surface area (Å²) in [7, 11) is 0. The highest BCUT2D eigenvalue weighted by molar-refractivity contribution is 9.10. The second-order valence-corrected chi connectivity index (χ2v) is 4.15. The van der Waals surface area contributed by atoms with Gasteiger partial charge in [0, 0.05) is 6.07 Å². The Morgan fingerprint density at radius 1 is 1.25 bits per heavy atom. The molecule has 1 aromatic carbocycles. The lowest BCUT2D eigenvalue weighted by Crippen LogP contribution is -1.97. The molecule has 0 aliphatic carbocycles. The molecule has 0 fully saturated rings. The number of anilines is 1. The second-order valence-electron chi connectivity index (χ2n) is 2.93. The zero-order valence-corrected chi connectivity index (χ0v) is 10.4. The number of nitrogens with two attached hydrogens (primary N) is 1. The van der Waals surface area contributed by atoms with Gasteiger partial charge >= 0.3 is 6.01 Å². The summed E-state index contributed by atoms with van der Waals surface area (Å²) in [6, 6.07) is 8.80. The Morgan fingerprint density at radius 3 is 2.69 bits per heavy atom. The molecule has 6 heteroatoms. The Morgan fingerprint density at radius 2 is 2.00 bits per heavy atom. The third kappa shape index (κ3) is 2.62. The highest BCUT2D eigenvalue weighted by Crippen LogP contribution is 2.27. The van der Waals surface area contributed by atoms with Crippen LogP contribution in [0.1, 0.15) is 0 Å². The van der Waals surface area contributed by atoms with Crippen LogP contribution >= 0.6 is 27.5 Å². The normalized spacial score (nSPS) is 10.1. The summed E-state index contributed by atoms with van der Waals surface area (Å²) in [6.45, 7) is 0. The van der Waals surface area contributed by atoms with Crippen LogP contribution in [0.3, 0.4) is 0 Å². The first kappa shape index (κ1) is 11.2. The van der Waals surface area contributed by atoms with Gasteiger partial charge in [0.05, 0.1) is 5.02 Å².